The second-order valence-electron chi connectivity index (χ2n) is 8.03. The summed E-state index contributed by atoms with van der Waals surface area (Å²) in [4.78, 5) is 28.6. The normalized spacial score (nSPS) is 22.1. The fourth-order valence-electron chi connectivity index (χ4n) is 3.68. The van der Waals surface area contributed by atoms with Crippen LogP contribution >= 0.6 is 0 Å². The first-order chi connectivity index (χ1) is 14.1. The summed E-state index contributed by atoms with van der Waals surface area (Å²) in [5.41, 5.74) is 0.835. The number of aryl methyl sites for hydroxylation is 1. The molecular weight excluding hydrogens is 370 g/mol. The highest BCUT2D eigenvalue weighted by Crippen LogP contribution is 2.26. The van der Waals surface area contributed by atoms with Crippen LogP contribution in [0.25, 0.3) is 0 Å². The Kier molecular flexibility index (Phi) is 7.55. The highest BCUT2D eigenvalue weighted by Gasteiger charge is 2.31. The Hall–Kier alpha value is -2.51. The first-order valence-electron chi connectivity index (χ1n) is 10.7. The third kappa shape index (κ3) is 6.51. The molecule has 29 heavy (non-hydrogen) atoms. The number of hydrogen-bond donors (Lipinski definition) is 4. The fraction of sp³-hybridized carbons (Fsp3) is 0.667. The summed E-state index contributed by atoms with van der Waals surface area (Å²) in [6.45, 7) is 3.09. The average Bonchev–Trinajstić information content (AvgIpc) is 3.43. The van der Waals surface area contributed by atoms with Crippen molar-refractivity contribution in [3.8, 4) is 0 Å². The Morgan fingerprint density at radius 3 is 2.59 bits per heavy atom. The van der Waals surface area contributed by atoms with Gasteiger partial charge in [-0.2, -0.15) is 0 Å². The van der Waals surface area contributed by atoms with Crippen LogP contribution in [0.4, 0.5) is 0 Å². The number of nitrogens with zero attached hydrogens (tertiary/aromatic N) is 1. The van der Waals surface area contributed by atoms with E-state index in [1.165, 1.54) is 6.26 Å². The molecular formula is C21H33N5O3. The molecule has 8 nitrogen and oxygen atoms in total. The summed E-state index contributed by atoms with van der Waals surface area (Å²) >= 11 is 0. The maximum atomic E-state index is 12.3. The number of hydrogen-bond acceptors (Lipinski definition) is 4. The number of carbonyl (C=O) groups is 2. The molecule has 8 heteroatoms. The van der Waals surface area contributed by atoms with Crippen molar-refractivity contribution in [2.75, 3.05) is 20.1 Å². The van der Waals surface area contributed by atoms with Crippen LogP contribution in [0, 0.1) is 12.8 Å². The van der Waals surface area contributed by atoms with Gasteiger partial charge in [0.05, 0.1) is 6.26 Å². The Labute approximate surface area is 172 Å². The molecule has 160 valence electrons. The van der Waals surface area contributed by atoms with Crippen LogP contribution in [-0.4, -0.2) is 50.0 Å². The number of furan rings is 1. The molecule has 1 aromatic rings. The van der Waals surface area contributed by atoms with Gasteiger partial charge in [-0.25, -0.2) is 0 Å². The maximum absolute atomic E-state index is 12.3. The zero-order valence-corrected chi connectivity index (χ0v) is 17.4. The van der Waals surface area contributed by atoms with E-state index < -0.39 is 0 Å². The van der Waals surface area contributed by atoms with Crippen molar-refractivity contribution in [3.05, 3.63) is 23.7 Å². The molecule has 2 unspecified atom stereocenters. The summed E-state index contributed by atoms with van der Waals surface area (Å²) in [6, 6.07) is 2.45. The van der Waals surface area contributed by atoms with E-state index >= 15 is 0 Å². The van der Waals surface area contributed by atoms with Gasteiger partial charge < -0.3 is 25.7 Å². The van der Waals surface area contributed by atoms with Gasteiger partial charge in [0, 0.05) is 43.7 Å². The van der Waals surface area contributed by atoms with Crippen LogP contribution in [0.1, 0.15) is 61.1 Å². The van der Waals surface area contributed by atoms with Crippen molar-refractivity contribution in [2.45, 2.75) is 64.0 Å². The summed E-state index contributed by atoms with van der Waals surface area (Å²) in [7, 11) is 1.75. The van der Waals surface area contributed by atoms with E-state index in [4.69, 9.17) is 4.42 Å². The molecule has 1 aromatic heterocycles. The van der Waals surface area contributed by atoms with E-state index in [-0.39, 0.29) is 23.8 Å². The molecule has 0 saturated heterocycles. The Bertz CT molecular complexity index is 726. The van der Waals surface area contributed by atoms with Gasteiger partial charge in [0.15, 0.2) is 11.7 Å². The van der Waals surface area contributed by atoms with Gasteiger partial charge >= 0.3 is 0 Å². The van der Waals surface area contributed by atoms with E-state index in [2.05, 4.69) is 26.3 Å². The van der Waals surface area contributed by atoms with Gasteiger partial charge in [-0.3, -0.25) is 14.6 Å². The Balaban J connectivity index is 1.33. The van der Waals surface area contributed by atoms with Crippen LogP contribution in [0.3, 0.4) is 0 Å². The molecule has 0 aromatic carbocycles. The molecule has 4 N–H and O–H groups in total. The summed E-state index contributed by atoms with van der Waals surface area (Å²) in [6.07, 6.45) is 8.45. The second-order valence-corrected chi connectivity index (χ2v) is 8.03. The van der Waals surface area contributed by atoms with Gasteiger partial charge in [0.2, 0.25) is 5.91 Å². The molecule has 2 amide bonds. The summed E-state index contributed by atoms with van der Waals surface area (Å²) < 4.78 is 5.19. The van der Waals surface area contributed by atoms with E-state index in [1.54, 1.807) is 13.1 Å². The van der Waals surface area contributed by atoms with Crippen molar-refractivity contribution < 1.29 is 14.0 Å². The number of guanidine groups is 1. The molecule has 3 rings (SSSR count). The molecule has 2 fully saturated rings. The third-order valence-corrected chi connectivity index (χ3v) is 5.53. The van der Waals surface area contributed by atoms with Gasteiger partial charge in [0.1, 0.15) is 0 Å². The standard InChI is InChI=1S/C21H33N5O3/c1-14-9-12-29-18(14)20(28)23-10-4-11-24-21(22-2)26-17-6-3-5-15(13-17)19(27)25-16-7-8-16/h9,12,15-17H,3-8,10-11,13H2,1-2H3,(H,23,28)(H,25,27)(H2,22,24,26). The van der Waals surface area contributed by atoms with Gasteiger partial charge in [-0.1, -0.05) is 6.42 Å². The maximum Gasteiger partial charge on any atom is 0.287 e. The number of carbonyl (C=O) groups excluding carboxylic acids is 2. The van der Waals surface area contributed by atoms with Crippen LogP contribution < -0.4 is 21.3 Å². The van der Waals surface area contributed by atoms with Gasteiger partial charge in [-0.15, -0.1) is 0 Å². The lowest BCUT2D eigenvalue weighted by molar-refractivity contribution is -0.126. The quantitative estimate of drug-likeness (QED) is 0.300. The number of amides is 2. The average molecular weight is 404 g/mol. The van der Waals surface area contributed by atoms with Crippen molar-refractivity contribution in [2.24, 2.45) is 10.9 Å². The Morgan fingerprint density at radius 1 is 1.10 bits per heavy atom. The van der Waals surface area contributed by atoms with Crippen LogP contribution in [0.5, 0.6) is 0 Å². The molecule has 2 aliphatic carbocycles. The highest BCUT2D eigenvalue weighted by molar-refractivity contribution is 5.92. The molecule has 2 atom stereocenters. The zero-order valence-electron chi connectivity index (χ0n) is 17.4. The van der Waals surface area contributed by atoms with Crippen molar-refractivity contribution in [1.29, 1.82) is 0 Å². The number of rotatable bonds is 8. The van der Waals surface area contributed by atoms with E-state index in [0.717, 1.165) is 56.5 Å². The molecule has 0 bridgehead atoms. The fourth-order valence-corrected chi connectivity index (χ4v) is 3.68. The molecule has 1 heterocycles. The first kappa shape index (κ1) is 21.2. The molecule has 0 spiro atoms. The van der Waals surface area contributed by atoms with Crippen LogP contribution in [0.2, 0.25) is 0 Å². The predicted molar refractivity (Wildman–Crippen MR) is 112 cm³/mol. The van der Waals surface area contributed by atoms with Gasteiger partial charge in [0.25, 0.3) is 5.91 Å². The van der Waals surface area contributed by atoms with Crippen molar-refractivity contribution in [1.82, 2.24) is 21.3 Å². The minimum absolute atomic E-state index is 0.0974. The van der Waals surface area contributed by atoms with E-state index in [0.29, 0.717) is 24.9 Å². The highest BCUT2D eigenvalue weighted by atomic mass is 16.3. The van der Waals surface area contributed by atoms with Crippen molar-refractivity contribution in [3.63, 3.8) is 0 Å². The molecule has 0 aliphatic heterocycles. The van der Waals surface area contributed by atoms with E-state index in [1.807, 2.05) is 6.92 Å². The predicted octanol–water partition coefficient (Wildman–Crippen LogP) is 1.71. The SMILES string of the molecule is CN=C(NCCCNC(=O)c1occc1C)NC1CCCC(C(=O)NC2CC2)C1. The Morgan fingerprint density at radius 2 is 1.90 bits per heavy atom. The minimum atomic E-state index is -0.187. The van der Waals surface area contributed by atoms with Gasteiger partial charge in [-0.05, 0) is 51.5 Å². The topological polar surface area (TPSA) is 108 Å². The number of aliphatic imine (C=N–C) groups is 1. The monoisotopic (exact) mass is 403 g/mol. The van der Waals surface area contributed by atoms with Crippen molar-refractivity contribution >= 4 is 17.8 Å². The first-order valence-corrected chi connectivity index (χ1v) is 10.7. The molecule has 2 saturated carbocycles. The smallest absolute Gasteiger partial charge is 0.287 e. The lowest BCUT2D eigenvalue weighted by Gasteiger charge is -2.30. The minimum Gasteiger partial charge on any atom is -0.459 e. The zero-order chi connectivity index (χ0) is 20.6. The molecule has 0 radical (unpaired) electrons. The summed E-state index contributed by atoms with van der Waals surface area (Å²) in [5.74, 6) is 1.23. The largest absolute Gasteiger partial charge is 0.459 e. The lowest BCUT2D eigenvalue weighted by atomic mass is 9.85. The van der Waals surface area contributed by atoms with Crippen LogP contribution in [0.15, 0.2) is 21.7 Å². The van der Waals surface area contributed by atoms with Crippen LogP contribution in [-0.2, 0) is 4.79 Å². The number of nitrogens with one attached hydrogen (secondary N) is 4. The lowest BCUT2D eigenvalue weighted by Crippen LogP contribution is -2.47. The molecule has 2 aliphatic rings. The second kappa shape index (κ2) is 10.3. The summed E-state index contributed by atoms with van der Waals surface area (Å²) in [5, 5.41) is 12.7. The van der Waals surface area contributed by atoms with E-state index in [9.17, 15) is 9.59 Å². The third-order valence-electron chi connectivity index (χ3n) is 5.53.